The topological polar surface area (TPSA) is 62.0 Å². The van der Waals surface area contributed by atoms with Crippen molar-refractivity contribution in [3.05, 3.63) is 59.9 Å². The molecule has 0 fully saturated rings. The molecule has 2 amide bonds. The van der Waals surface area contributed by atoms with E-state index in [2.05, 4.69) is 10.3 Å². The van der Waals surface area contributed by atoms with Crippen molar-refractivity contribution in [1.82, 2.24) is 10.3 Å². The fourth-order valence-electron chi connectivity index (χ4n) is 1.39. The predicted octanol–water partition coefficient (Wildman–Crippen LogP) is 1.58. The van der Waals surface area contributed by atoms with Crippen LogP contribution in [0.3, 0.4) is 0 Å². The Labute approximate surface area is 92.3 Å². The second-order valence-electron chi connectivity index (χ2n) is 3.21. The van der Waals surface area contributed by atoms with Crippen LogP contribution in [0, 0.1) is 0 Å². The number of H-pyrrole nitrogens is 1. The van der Waals surface area contributed by atoms with Crippen LogP contribution >= 0.6 is 0 Å². The molecule has 0 unspecified atom stereocenters. The van der Waals surface area contributed by atoms with E-state index >= 15 is 0 Å². The second kappa shape index (κ2) is 4.44. The summed E-state index contributed by atoms with van der Waals surface area (Å²) in [5.41, 5.74) is 0.940. The molecule has 2 heterocycles. The summed E-state index contributed by atoms with van der Waals surface area (Å²) in [6.07, 6.45) is 3.75. The maximum Gasteiger partial charge on any atom is 0.258 e. The standard InChI is InChI=1S/C8H5NO2.C4H5N/c10-7-5-3-1-2-4-6(5)8(11)9-7;1-2-4-5-3-1/h1-4H,(H,9,10,11);1-5H. The van der Waals surface area contributed by atoms with Crippen LogP contribution in [0.15, 0.2) is 48.8 Å². The van der Waals surface area contributed by atoms with Crippen LogP contribution in [-0.2, 0) is 0 Å². The van der Waals surface area contributed by atoms with Crippen LogP contribution in [-0.4, -0.2) is 16.8 Å². The van der Waals surface area contributed by atoms with E-state index in [9.17, 15) is 9.59 Å². The Balaban J connectivity index is 0.000000162. The van der Waals surface area contributed by atoms with Crippen molar-refractivity contribution in [3.63, 3.8) is 0 Å². The summed E-state index contributed by atoms with van der Waals surface area (Å²) in [6, 6.07) is 10.6. The third-order valence-corrected chi connectivity index (χ3v) is 2.14. The molecular formula is C12H10N2O2. The SMILES string of the molecule is O=C1NC(=O)c2ccccc21.c1cc[nH]c1. The lowest BCUT2D eigenvalue weighted by Gasteiger charge is -1.88. The molecule has 16 heavy (non-hydrogen) atoms. The van der Waals surface area contributed by atoms with Gasteiger partial charge >= 0.3 is 0 Å². The van der Waals surface area contributed by atoms with E-state index in [-0.39, 0.29) is 11.8 Å². The number of amides is 2. The monoisotopic (exact) mass is 214 g/mol. The van der Waals surface area contributed by atoms with Crippen LogP contribution in [0.25, 0.3) is 0 Å². The van der Waals surface area contributed by atoms with Gasteiger partial charge in [-0.25, -0.2) is 0 Å². The maximum absolute atomic E-state index is 10.9. The first-order valence-corrected chi connectivity index (χ1v) is 4.81. The minimum absolute atomic E-state index is 0.300. The lowest BCUT2D eigenvalue weighted by molar-refractivity contribution is 0.0879. The smallest absolute Gasteiger partial charge is 0.258 e. The zero-order valence-corrected chi connectivity index (χ0v) is 8.44. The van der Waals surface area contributed by atoms with Crippen molar-refractivity contribution in [2.24, 2.45) is 0 Å². The Bertz CT molecular complexity index is 453. The van der Waals surface area contributed by atoms with Crippen molar-refractivity contribution >= 4 is 11.8 Å². The van der Waals surface area contributed by atoms with Gasteiger partial charge in [0, 0.05) is 12.4 Å². The molecular weight excluding hydrogens is 204 g/mol. The molecule has 2 aromatic rings. The molecule has 0 atom stereocenters. The fourth-order valence-corrected chi connectivity index (χ4v) is 1.39. The van der Waals surface area contributed by atoms with Gasteiger partial charge in [0.1, 0.15) is 0 Å². The number of aromatic amines is 1. The summed E-state index contributed by atoms with van der Waals surface area (Å²) in [6.45, 7) is 0. The molecule has 0 spiro atoms. The number of rotatable bonds is 0. The number of aromatic nitrogens is 1. The third kappa shape index (κ3) is 2.00. The first kappa shape index (κ1) is 10.2. The number of hydrogen-bond donors (Lipinski definition) is 2. The minimum Gasteiger partial charge on any atom is -0.368 e. The Kier molecular flexibility index (Phi) is 2.82. The normalized spacial score (nSPS) is 12.5. The van der Waals surface area contributed by atoms with Crippen LogP contribution in [0.5, 0.6) is 0 Å². The molecule has 1 aromatic carbocycles. The molecule has 0 radical (unpaired) electrons. The molecule has 0 aliphatic carbocycles. The number of carbonyl (C=O) groups is 2. The number of fused-ring (bicyclic) bond motifs is 1. The zero-order valence-electron chi connectivity index (χ0n) is 8.44. The van der Waals surface area contributed by atoms with Gasteiger partial charge in [-0.05, 0) is 24.3 Å². The molecule has 1 aliphatic rings. The van der Waals surface area contributed by atoms with E-state index < -0.39 is 0 Å². The van der Waals surface area contributed by atoms with E-state index in [4.69, 9.17) is 0 Å². The molecule has 3 rings (SSSR count). The van der Waals surface area contributed by atoms with Crippen LogP contribution < -0.4 is 5.32 Å². The van der Waals surface area contributed by atoms with Gasteiger partial charge in [0.2, 0.25) is 0 Å². The first-order valence-electron chi connectivity index (χ1n) is 4.81. The highest BCUT2D eigenvalue weighted by atomic mass is 16.2. The number of imide groups is 1. The van der Waals surface area contributed by atoms with E-state index in [1.807, 2.05) is 24.5 Å². The third-order valence-electron chi connectivity index (χ3n) is 2.14. The summed E-state index contributed by atoms with van der Waals surface area (Å²) in [5, 5.41) is 2.20. The maximum atomic E-state index is 10.9. The lowest BCUT2D eigenvalue weighted by Crippen LogP contribution is -2.19. The summed E-state index contributed by atoms with van der Waals surface area (Å²) in [5.74, 6) is -0.601. The Hall–Kier alpha value is -2.36. The largest absolute Gasteiger partial charge is 0.368 e. The summed E-state index contributed by atoms with van der Waals surface area (Å²) >= 11 is 0. The molecule has 0 saturated carbocycles. The molecule has 4 heteroatoms. The van der Waals surface area contributed by atoms with E-state index in [1.165, 1.54) is 0 Å². The number of hydrogen-bond acceptors (Lipinski definition) is 2. The summed E-state index contributed by atoms with van der Waals surface area (Å²) < 4.78 is 0. The molecule has 80 valence electrons. The summed E-state index contributed by atoms with van der Waals surface area (Å²) in [7, 11) is 0. The second-order valence-corrected chi connectivity index (χ2v) is 3.21. The van der Waals surface area contributed by atoms with Crippen LogP contribution in [0.4, 0.5) is 0 Å². The Morgan fingerprint density at radius 3 is 1.62 bits per heavy atom. The van der Waals surface area contributed by atoms with Gasteiger partial charge in [0.05, 0.1) is 11.1 Å². The zero-order chi connectivity index (χ0) is 11.4. The number of benzene rings is 1. The van der Waals surface area contributed by atoms with Gasteiger partial charge in [-0.3, -0.25) is 14.9 Å². The number of nitrogens with one attached hydrogen (secondary N) is 2. The molecule has 0 saturated heterocycles. The van der Waals surface area contributed by atoms with Crippen molar-refractivity contribution in [2.75, 3.05) is 0 Å². The highest BCUT2D eigenvalue weighted by Crippen LogP contribution is 2.13. The van der Waals surface area contributed by atoms with Crippen molar-refractivity contribution < 1.29 is 9.59 Å². The molecule has 1 aliphatic heterocycles. The van der Waals surface area contributed by atoms with Crippen LogP contribution in [0.2, 0.25) is 0 Å². The van der Waals surface area contributed by atoms with Gasteiger partial charge in [-0.1, -0.05) is 12.1 Å². The Morgan fingerprint density at radius 1 is 0.750 bits per heavy atom. The molecule has 0 bridgehead atoms. The van der Waals surface area contributed by atoms with Crippen LogP contribution in [0.1, 0.15) is 20.7 Å². The highest BCUT2D eigenvalue weighted by Gasteiger charge is 2.25. The quantitative estimate of drug-likeness (QED) is 0.654. The average molecular weight is 214 g/mol. The van der Waals surface area contributed by atoms with Gasteiger partial charge in [-0.2, -0.15) is 0 Å². The van der Waals surface area contributed by atoms with E-state index in [0.29, 0.717) is 11.1 Å². The molecule has 2 N–H and O–H groups in total. The fraction of sp³-hybridized carbons (Fsp3) is 0. The van der Waals surface area contributed by atoms with Crippen molar-refractivity contribution in [2.45, 2.75) is 0 Å². The highest BCUT2D eigenvalue weighted by molar-refractivity contribution is 6.21. The van der Waals surface area contributed by atoms with E-state index in [1.54, 1.807) is 24.3 Å². The Morgan fingerprint density at radius 2 is 1.25 bits per heavy atom. The van der Waals surface area contributed by atoms with Crippen molar-refractivity contribution in [1.29, 1.82) is 0 Å². The molecule has 4 nitrogen and oxygen atoms in total. The van der Waals surface area contributed by atoms with Crippen molar-refractivity contribution in [3.8, 4) is 0 Å². The van der Waals surface area contributed by atoms with Gasteiger partial charge in [-0.15, -0.1) is 0 Å². The summed E-state index contributed by atoms with van der Waals surface area (Å²) in [4.78, 5) is 24.7. The van der Waals surface area contributed by atoms with Gasteiger partial charge < -0.3 is 4.98 Å². The first-order chi connectivity index (χ1) is 7.79. The van der Waals surface area contributed by atoms with E-state index in [0.717, 1.165) is 0 Å². The number of carbonyl (C=O) groups excluding carboxylic acids is 2. The molecule has 1 aromatic heterocycles. The van der Waals surface area contributed by atoms with Gasteiger partial charge in [0.15, 0.2) is 0 Å². The lowest BCUT2D eigenvalue weighted by atomic mass is 10.1. The predicted molar refractivity (Wildman–Crippen MR) is 59.0 cm³/mol. The van der Waals surface area contributed by atoms with Gasteiger partial charge in [0.25, 0.3) is 11.8 Å². The average Bonchev–Trinajstić information content (AvgIpc) is 2.94. The minimum atomic E-state index is -0.300.